The van der Waals surface area contributed by atoms with E-state index in [1.54, 1.807) is 30.9 Å². The van der Waals surface area contributed by atoms with Crippen LogP contribution < -0.4 is 4.90 Å². The third-order valence-electron chi connectivity index (χ3n) is 4.01. The van der Waals surface area contributed by atoms with Crippen LogP contribution in [0.1, 0.15) is 44.0 Å². The highest BCUT2D eigenvalue weighted by Crippen LogP contribution is 2.29. The standard InChI is InChI=1S/C21H21N3O3S/c1-4-27-20(26)18-15(3)23-21(28-18)24(13-16-10-6-5-7-11-16)19(25)17-12-8-9-14(2)22-17/h5-12H,4,13H2,1-3H3. The number of aromatic nitrogens is 2. The van der Waals surface area contributed by atoms with Gasteiger partial charge in [-0.25, -0.2) is 14.8 Å². The third-order valence-corrected chi connectivity index (χ3v) is 5.17. The SMILES string of the molecule is CCOC(=O)c1sc(N(Cc2ccccc2)C(=O)c2cccc(C)n2)nc1C. The average molecular weight is 395 g/mol. The van der Waals surface area contributed by atoms with Crippen molar-refractivity contribution in [1.82, 2.24) is 9.97 Å². The van der Waals surface area contributed by atoms with Crippen LogP contribution in [0.15, 0.2) is 48.5 Å². The highest BCUT2D eigenvalue weighted by Gasteiger charge is 2.25. The number of carbonyl (C=O) groups excluding carboxylic acids is 2. The molecule has 0 saturated carbocycles. The van der Waals surface area contributed by atoms with Gasteiger partial charge < -0.3 is 4.74 Å². The molecule has 0 aliphatic rings. The number of hydrogen-bond donors (Lipinski definition) is 0. The van der Waals surface area contributed by atoms with Gasteiger partial charge in [0, 0.05) is 5.69 Å². The van der Waals surface area contributed by atoms with Crippen molar-refractivity contribution in [1.29, 1.82) is 0 Å². The predicted molar refractivity (Wildman–Crippen MR) is 109 cm³/mol. The molecule has 7 heteroatoms. The Balaban J connectivity index is 2.00. The number of amides is 1. The number of esters is 1. The Hall–Kier alpha value is -3.06. The van der Waals surface area contributed by atoms with Crippen molar-refractivity contribution in [3.05, 3.63) is 76.1 Å². The van der Waals surface area contributed by atoms with Gasteiger partial charge in [-0.3, -0.25) is 9.69 Å². The maximum atomic E-state index is 13.2. The van der Waals surface area contributed by atoms with E-state index in [1.807, 2.05) is 43.3 Å². The van der Waals surface area contributed by atoms with Gasteiger partial charge in [0.2, 0.25) is 0 Å². The van der Waals surface area contributed by atoms with E-state index in [2.05, 4.69) is 9.97 Å². The summed E-state index contributed by atoms with van der Waals surface area (Å²) in [6, 6.07) is 15.0. The summed E-state index contributed by atoms with van der Waals surface area (Å²) in [4.78, 5) is 36.2. The van der Waals surface area contributed by atoms with Crippen LogP contribution in [-0.4, -0.2) is 28.5 Å². The van der Waals surface area contributed by atoms with Crippen molar-refractivity contribution < 1.29 is 14.3 Å². The molecule has 0 fully saturated rings. The number of benzene rings is 1. The van der Waals surface area contributed by atoms with Crippen molar-refractivity contribution in [2.75, 3.05) is 11.5 Å². The number of nitrogens with zero attached hydrogens (tertiary/aromatic N) is 3. The van der Waals surface area contributed by atoms with Gasteiger partial charge in [-0.1, -0.05) is 47.7 Å². The topological polar surface area (TPSA) is 72.4 Å². The predicted octanol–water partition coefficient (Wildman–Crippen LogP) is 4.18. The number of hydrogen-bond acceptors (Lipinski definition) is 6. The summed E-state index contributed by atoms with van der Waals surface area (Å²) in [7, 11) is 0. The third kappa shape index (κ3) is 4.43. The smallest absolute Gasteiger partial charge is 0.350 e. The zero-order valence-corrected chi connectivity index (χ0v) is 16.8. The van der Waals surface area contributed by atoms with Crippen molar-refractivity contribution in [2.45, 2.75) is 27.3 Å². The lowest BCUT2D eigenvalue weighted by Crippen LogP contribution is -2.31. The zero-order chi connectivity index (χ0) is 20.1. The first-order valence-corrected chi connectivity index (χ1v) is 9.75. The molecule has 0 N–H and O–H groups in total. The van der Waals surface area contributed by atoms with E-state index < -0.39 is 5.97 Å². The monoisotopic (exact) mass is 395 g/mol. The minimum atomic E-state index is -0.426. The van der Waals surface area contributed by atoms with E-state index in [1.165, 1.54) is 0 Å². The van der Waals surface area contributed by atoms with Gasteiger partial charge in [-0.15, -0.1) is 0 Å². The maximum Gasteiger partial charge on any atom is 0.350 e. The van der Waals surface area contributed by atoms with Gasteiger partial charge in [-0.2, -0.15) is 0 Å². The van der Waals surface area contributed by atoms with E-state index in [0.29, 0.717) is 27.9 Å². The van der Waals surface area contributed by atoms with E-state index in [-0.39, 0.29) is 12.5 Å². The molecule has 0 aliphatic carbocycles. The molecule has 1 amide bonds. The quantitative estimate of drug-likeness (QED) is 0.586. The van der Waals surface area contributed by atoms with Crippen LogP contribution in [0, 0.1) is 13.8 Å². The highest BCUT2D eigenvalue weighted by molar-refractivity contribution is 7.17. The van der Waals surface area contributed by atoms with E-state index in [4.69, 9.17) is 4.74 Å². The van der Waals surface area contributed by atoms with Crippen LogP contribution in [0.25, 0.3) is 0 Å². The number of pyridine rings is 1. The Bertz CT molecular complexity index is 986. The van der Waals surface area contributed by atoms with Crippen LogP contribution in [0.2, 0.25) is 0 Å². The van der Waals surface area contributed by atoms with Crippen LogP contribution in [0.5, 0.6) is 0 Å². The second-order valence-corrected chi connectivity index (χ2v) is 7.15. The molecule has 0 saturated heterocycles. The Labute approximate surface area is 167 Å². The molecular weight excluding hydrogens is 374 g/mol. The number of ether oxygens (including phenoxy) is 1. The fourth-order valence-electron chi connectivity index (χ4n) is 2.68. The lowest BCUT2D eigenvalue weighted by molar-refractivity contribution is 0.0531. The van der Waals surface area contributed by atoms with Crippen molar-refractivity contribution in [3.8, 4) is 0 Å². The lowest BCUT2D eigenvalue weighted by atomic mass is 10.2. The van der Waals surface area contributed by atoms with Gasteiger partial charge in [0.15, 0.2) is 5.13 Å². The maximum absolute atomic E-state index is 13.2. The van der Waals surface area contributed by atoms with Gasteiger partial charge in [0.05, 0.1) is 18.8 Å². The second-order valence-electron chi connectivity index (χ2n) is 6.17. The molecule has 0 bridgehead atoms. The zero-order valence-electron chi connectivity index (χ0n) is 16.0. The molecule has 0 spiro atoms. The van der Waals surface area contributed by atoms with Gasteiger partial charge in [-0.05, 0) is 38.5 Å². The van der Waals surface area contributed by atoms with Crippen molar-refractivity contribution >= 4 is 28.3 Å². The molecular formula is C21H21N3O3S. The van der Waals surface area contributed by atoms with Crippen LogP contribution in [0.3, 0.4) is 0 Å². The summed E-state index contributed by atoms with van der Waals surface area (Å²) >= 11 is 1.15. The minimum Gasteiger partial charge on any atom is -0.462 e. The summed E-state index contributed by atoms with van der Waals surface area (Å²) in [6.07, 6.45) is 0. The van der Waals surface area contributed by atoms with Gasteiger partial charge >= 0.3 is 5.97 Å². The second kappa shape index (κ2) is 8.75. The number of anilines is 1. The number of rotatable bonds is 6. The summed E-state index contributed by atoms with van der Waals surface area (Å²) in [6.45, 7) is 5.94. The average Bonchev–Trinajstić information content (AvgIpc) is 3.08. The molecule has 0 radical (unpaired) electrons. The molecule has 3 rings (SSSR count). The summed E-state index contributed by atoms with van der Waals surface area (Å²) < 4.78 is 5.10. The Morgan fingerprint density at radius 3 is 2.46 bits per heavy atom. The number of carbonyl (C=O) groups is 2. The van der Waals surface area contributed by atoms with Crippen LogP contribution in [-0.2, 0) is 11.3 Å². The summed E-state index contributed by atoms with van der Waals surface area (Å²) in [5.41, 5.74) is 2.59. The fourth-order valence-corrected chi connectivity index (χ4v) is 3.63. The molecule has 1 aromatic carbocycles. The number of thiazole rings is 1. The molecule has 2 aromatic heterocycles. The Morgan fingerprint density at radius 2 is 1.79 bits per heavy atom. The lowest BCUT2D eigenvalue weighted by Gasteiger charge is -2.20. The van der Waals surface area contributed by atoms with Crippen molar-refractivity contribution in [2.24, 2.45) is 0 Å². The molecule has 0 aliphatic heterocycles. The van der Waals surface area contributed by atoms with Crippen molar-refractivity contribution in [3.63, 3.8) is 0 Å². The first kappa shape index (κ1) is 19.7. The molecule has 144 valence electrons. The molecule has 0 atom stereocenters. The van der Waals surface area contributed by atoms with Gasteiger partial charge in [0.1, 0.15) is 10.6 Å². The Kier molecular flexibility index (Phi) is 6.16. The van der Waals surface area contributed by atoms with Crippen LogP contribution in [0.4, 0.5) is 5.13 Å². The van der Waals surface area contributed by atoms with Crippen LogP contribution >= 0.6 is 11.3 Å². The molecule has 3 aromatic rings. The van der Waals surface area contributed by atoms with E-state index in [0.717, 1.165) is 22.6 Å². The van der Waals surface area contributed by atoms with Gasteiger partial charge in [0.25, 0.3) is 5.91 Å². The first-order valence-electron chi connectivity index (χ1n) is 8.93. The number of aryl methyl sites for hydroxylation is 2. The first-order chi connectivity index (χ1) is 13.5. The van der Waals surface area contributed by atoms with E-state index in [9.17, 15) is 9.59 Å². The molecule has 0 unspecified atom stereocenters. The largest absolute Gasteiger partial charge is 0.462 e. The fraction of sp³-hybridized carbons (Fsp3) is 0.238. The normalized spacial score (nSPS) is 10.5. The Morgan fingerprint density at radius 1 is 1.04 bits per heavy atom. The molecule has 28 heavy (non-hydrogen) atoms. The highest BCUT2D eigenvalue weighted by atomic mass is 32.1. The molecule has 6 nitrogen and oxygen atoms in total. The van der Waals surface area contributed by atoms with E-state index >= 15 is 0 Å². The summed E-state index contributed by atoms with van der Waals surface area (Å²) in [5.74, 6) is -0.693. The molecule has 2 heterocycles. The summed E-state index contributed by atoms with van der Waals surface area (Å²) in [5, 5.41) is 0.442. The minimum absolute atomic E-state index is 0.267.